The molecule has 134 valence electrons. The van der Waals surface area contributed by atoms with Gasteiger partial charge in [0, 0.05) is 42.9 Å². The molecule has 2 N–H and O–H groups in total. The summed E-state index contributed by atoms with van der Waals surface area (Å²) >= 11 is 0. The molecule has 1 saturated carbocycles. The van der Waals surface area contributed by atoms with E-state index in [1.165, 1.54) is 18.4 Å². The molecule has 1 aliphatic carbocycles. The number of carbonyl (C=O) groups excluding carboxylic acids is 1. The molecule has 0 bridgehead atoms. The van der Waals surface area contributed by atoms with Crippen LogP contribution < -0.4 is 5.32 Å². The second-order valence-corrected chi connectivity index (χ2v) is 7.23. The van der Waals surface area contributed by atoms with Crippen LogP contribution in [0, 0.1) is 19.8 Å². The van der Waals surface area contributed by atoms with Gasteiger partial charge in [0.05, 0.1) is 18.8 Å². The van der Waals surface area contributed by atoms with Crippen LogP contribution in [0.15, 0.2) is 0 Å². The first-order valence-electron chi connectivity index (χ1n) is 9.26. The predicted molar refractivity (Wildman–Crippen MR) is 92.6 cm³/mol. The average Bonchev–Trinajstić information content (AvgIpc) is 3.29. The lowest BCUT2D eigenvalue weighted by atomic mass is 10.1. The number of hydrogen-bond acceptors (Lipinski definition) is 4. The number of aromatic nitrogens is 2. The van der Waals surface area contributed by atoms with Crippen molar-refractivity contribution in [2.24, 2.45) is 5.92 Å². The monoisotopic (exact) mass is 334 g/mol. The number of aliphatic hydroxyl groups excluding tert-OH is 1. The summed E-state index contributed by atoms with van der Waals surface area (Å²) in [6, 6.07) is 0.371. The number of aliphatic hydroxyl groups is 1. The number of likely N-dealkylation sites (tertiary alicyclic amines) is 1. The van der Waals surface area contributed by atoms with Crippen LogP contribution in [-0.2, 0) is 17.9 Å². The van der Waals surface area contributed by atoms with Gasteiger partial charge in [0.1, 0.15) is 0 Å². The molecule has 0 radical (unpaired) electrons. The van der Waals surface area contributed by atoms with E-state index in [1.54, 1.807) is 0 Å². The number of nitrogens with zero attached hydrogens (tertiary/aromatic N) is 3. The molecule has 2 heterocycles. The van der Waals surface area contributed by atoms with Gasteiger partial charge in [0.25, 0.3) is 0 Å². The molecule has 0 aromatic carbocycles. The Morgan fingerprint density at radius 3 is 2.75 bits per heavy atom. The SMILES string of the molecule is Cc1nn(CCO)c(C)c1CNC1CCN(C(=O)C2CCCC2)C1. The molecule has 24 heavy (non-hydrogen) atoms. The van der Waals surface area contributed by atoms with E-state index in [1.807, 2.05) is 11.6 Å². The Bertz CT molecular complexity index is 578. The van der Waals surface area contributed by atoms with E-state index in [0.717, 1.165) is 50.3 Å². The summed E-state index contributed by atoms with van der Waals surface area (Å²) in [6.45, 7) is 7.21. The Morgan fingerprint density at radius 1 is 1.29 bits per heavy atom. The molecule has 1 aliphatic heterocycles. The Labute approximate surface area is 144 Å². The molecule has 1 saturated heterocycles. The van der Waals surface area contributed by atoms with E-state index in [-0.39, 0.29) is 12.5 Å². The predicted octanol–water partition coefficient (Wildman–Crippen LogP) is 1.37. The zero-order valence-corrected chi connectivity index (χ0v) is 14.9. The molecule has 1 atom stereocenters. The third-order valence-corrected chi connectivity index (χ3v) is 5.62. The largest absolute Gasteiger partial charge is 0.394 e. The molecule has 1 unspecified atom stereocenters. The Morgan fingerprint density at radius 2 is 2.04 bits per heavy atom. The number of hydrogen-bond donors (Lipinski definition) is 2. The van der Waals surface area contributed by atoms with Crippen LogP contribution in [-0.4, -0.2) is 51.4 Å². The molecular formula is C18H30N4O2. The Kier molecular flexibility index (Phi) is 5.56. The van der Waals surface area contributed by atoms with Crippen LogP contribution in [0.25, 0.3) is 0 Å². The van der Waals surface area contributed by atoms with Gasteiger partial charge in [-0.15, -0.1) is 0 Å². The smallest absolute Gasteiger partial charge is 0.225 e. The van der Waals surface area contributed by atoms with Crippen molar-refractivity contribution < 1.29 is 9.90 Å². The lowest BCUT2D eigenvalue weighted by Gasteiger charge is -2.20. The fourth-order valence-corrected chi connectivity index (χ4v) is 4.11. The van der Waals surface area contributed by atoms with Crippen molar-refractivity contribution in [3.8, 4) is 0 Å². The maximum absolute atomic E-state index is 12.5. The first-order valence-corrected chi connectivity index (χ1v) is 9.26. The zero-order chi connectivity index (χ0) is 17.1. The first kappa shape index (κ1) is 17.4. The van der Waals surface area contributed by atoms with Crippen molar-refractivity contribution in [3.05, 3.63) is 17.0 Å². The van der Waals surface area contributed by atoms with E-state index in [2.05, 4.69) is 22.2 Å². The number of rotatable bonds is 6. The summed E-state index contributed by atoms with van der Waals surface area (Å²) in [6.07, 6.45) is 5.61. The van der Waals surface area contributed by atoms with Gasteiger partial charge in [0.2, 0.25) is 5.91 Å². The highest BCUT2D eigenvalue weighted by atomic mass is 16.3. The van der Waals surface area contributed by atoms with Crippen LogP contribution in [0.1, 0.15) is 49.1 Å². The zero-order valence-electron chi connectivity index (χ0n) is 14.9. The van der Waals surface area contributed by atoms with Crippen molar-refractivity contribution in [2.75, 3.05) is 19.7 Å². The molecule has 1 aromatic heterocycles. The fourth-order valence-electron chi connectivity index (χ4n) is 4.11. The highest BCUT2D eigenvalue weighted by Crippen LogP contribution is 2.28. The third kappa shape index (κ3) is 3.64. The molecular weight excluding hydrogens is 304 g/mol. The van der Waals surface area contributed by atoms with Crippen molar-refractivity contribution >= 4 is 5.91 Å². The normalized spacial score (nSPS) is 21.8. The second kappa shape index (κ2) is 7.66. The number of carbonyl (C=O) groups is 1. The van der Waals surface area contributed by atoms with E-state index in [9.17, 15) is 4.79 Å². The van der Waals surface area contributed by atoms with Gasteiger partial charge in [-0.25, -0.2) is 0 Å². The number of amides is 1. The molecule has 1 aromatic rings. The lowest BCUT2D eigenvalue weighted by molar-refractivity contribution is -0.134. The van der Waals surface area contributed by atoms with Crippen molar-refractivity contribution in [2.45, 2.75) is 65.1 Å². The van der Waals surface area contributed by atoms with Gasteiger partial charge in [-0.05, 0) is 33.1 Å². The maximum Gasteiger partial charge on any atom is 0.225 e. The summed E-state index contributed by atoms with van der Waals surface area (Å²) in [5.41, 5.74) is 3.35. The Hall–Kier alpha value is -1.40. The van der Waals surface area contributed by atoms with Gasteiger partial charge < -0.3 is 15.3 Å². The molecule has 0 spiro atoms. The summed E-state index contributed by atoms with van der Waals surface area (Å²) < 4.78 is 1.87. The summed E-state index contributed by atoms with van der Waals surface area (Å²) in [5, 5.41) is 17.2. The standard InChI is InChI=1S/C18H30N4O2/c1-13-17(14(2)22(20-13)9-10-23)11-19-16-7-8-21(12-16)18(24)15-5-3-4-6-15/h15-16,19,23H,3-12H2,1-2H3. The molecule has 6 nitrogen and oxygen atoms in total. The minimum atomic E-state index is 0.107. The molecule has 3 rings (SSSR count). The van der Waals surface area contributed by atoms with Crippen molar-refractivity contribution in [3.63, 3.8) is 0 Å². The quantitative estimate of drug-likeness (QED) is 0.824. The minimum Gasteiger partial charge on any atom is -0.394 e. The van der Waals surface area contributed by atoms with E-state index >= 15 is 0 Å². The second-order valence-electron chi connectivity index (χ2n) is 7.23. The molecule has 2 fully saturated rings. The highest BCUT2D eigenvalue weighted by molar-refractivity contribution is 5.79. The van der Waals surface area contributed by atoms with Gasteiger partial charge >= 0.3 is 0 Å². The number of aryl methyl sites for hydroxylation is 1. The number of nitrogens with one attached hydrogen (secondary N) is 1. The van der Waals surface area contributed by atoms with Crippen molar-refractivity contribution in [1.29, 1.82) is 0 Å². The van der Waals surface area contributed by atoms with Gasteiger partial charge in [-0.1, -0.05) is 12.8 Å². The van der Waals surface area contributed by atoms with Crippen LogP contribution >= 0.6 is 0 Å². The first-order chi connectivity index (χ1) is 11.6. The van der Waals surface area contributed by atoms with Crippen molar-refractivity contribution in [1.82, 2.24) is 20.0 Å². The average molecular weight is 334 g/mol. The molecule has 6 heteroatoms. The topological polar surface area (TPSA) is 70.4 Å². The van der Waals surface area contributed by atoms with Gasteiger partial charge in [-0.2, -0.15) is 5.10 Å². The molecule has 1 amide bonds. The van der Waals surface area contributed by atoms with Crippen LogP contribution in [0.5, 0.6) is 0 Å². The highest BCUT2D eigenvalue weighted by Gasteiger charge is 2.32. The Balaban J connectivity index is 1.52. The third-order valence-electron chi connectivity index (χ3n) is 5.62. The molecule has 2 aliphatic rings. The fraction of sp³-hybridized carbons (Fsp3) is 0.778. The van der Waals surface area contributed by atoms with Crippen LogP contribution in [0.3, 0.4) is 0 Å². The minimum absolute atomic E-state index is 0.107. The van der Waals surface area contributed by atoms with Gasteiger partial charge in [0.15, 0.2) is 0 Å². The van der Waals surface area contributed by atoms with Crippen LogP contribution in [0.4, 0.5) is 0 Å². The van der Waals surface area contributed by atoms with E-state index in [0.29, 0.717) is 18.5 Å². The van der Waals surface area contributed by atoms with Gasteiger partial charge in [-0.3, -0.25) is 9.48 Å². The maximum atomic E-state index is 12.5. The van der Waals surface area contributed by atoms with E-state index < -0.39 is 0 Å². The summed E-state index contributed by atoms with van der Waals surface area (Å²) in [4.78, 5) is 14.6. The lowest BCUT2D eigenvalue weighted by Crippen LogP contribution is -2.37. The van der Waals surface area contributed by atoms with E-state index in [4.69, 9.17) is 5.11 Å². The van der Waals surface area contributed by atoms with Crippen LogP contribution in [0.2, 0.25) is 0 Å². The summed E-state index contributed by atoms with van der Waals surface area (Å²) in [5.74, 6) is 0.657. The summed E-state index contributed by atoms with van der Waals surface area (Å²) in [7, 11) is 0.